The number of aromatic hydroxyl groups is 1. The SMILES string of the molecule is Oc1ccc(OC2CCCCO2)c(Br)c1. The van der Waals surface area contributed by atoms with E-state index < -0.39 is 0 Å². The monoisotopic (exact) mass is 272 g/mol. The molecule has 1 aliphatic rings. The van der Waals surface area contributed by atoms with Crippen molar-refractivity contribution in [2.75, 3.05) is 6.61 Å². The fourth-order valence-corrected chi connectivity index (χ4v) is 1.99. The Kier molecular flexibility index (Phi) is 3.49. The summed E-state index contributed by atoms with van der Waals surface area (Å²) in [5, 5.41) is 9.23. The zero-order valence-electron chi connectivity index (χ0n) is 8.28. The van der Waals surface area contributed by atoms with Gasteiger partial charge in [0.15, 0.2) is 6.29 Å². The molecule has 82 valence electrons. The summed E-state index contributed by atoms with van der Waals surface area (Å²) in [4.78, 5) is 0. The van der Waals surface area contributed by atoms with Gasteiger partial charge in [-0.15, -0.1) is 0 Å². The van der Waals surface area contributed by atoms with Gasteiger partial charge in [-0.05, 0) is 47.0 Å². The van der Waals surface area contributed by atoms with E-state index in [0.717, 1.165) is 30.3 Å². The van der Waals surface area contributed by atoms with E-state index in [0.29, 0.717) is 5.75 Å². The zero-order valence-corrected chi connectivity index (χ0v) is 9.87. The molecule has 1 aromatic carbocycles. The second-order valence-electron chi connectivity index (χ2n) is 3.53. The van der Waals surface area contributed by atoms with Crippen LogP contribution in [-0.4, -0.2) is 18.0 Å². The van der Waals surface area contributed by atoms with Crippen LogP contribution < -0.4 is 4.74 Å². The Balaban J connectivity index is 2.03. The third kappa shape index (κ3) is 2.86. The van der Waals surface area contributed by atoms with Gasteiger partial charge in [-0.25, -0.2) is 0 Å². The van der Waals surface area contributed by atoms with Crippen molar-refractivity contribution in [1.29, 1.82) is 0 Å². The van der Waals surface area contributed by atoms with E-state index in [-0.39, 0.29) is 12.0 Å². The molecule has 1 fully saturated rings. The van der Waals surface area contributed by atoms with Gasteiger partial charge in [0.1, 0.15) is 11.5 Å². The third-order valence-corrected chi connectivity index (χ3v) is 2.93. The number of ether oxygens (including phenoxy) is 2. The molecule has 1 N–H and O–H groups in total. The van der Waals surface area contributed by atoms with Gasteiger partial charge in [0, 0.05) is 6.42 Å². The minimum Gasteiger partial charge on any atom is -0.508 e. The van der Waals surface area contributed by atoms with Crippen molar-refractivity contribution in [2.24, 2.45) is 0 Å². The summed E-state index contributed by atoms with van der Waals surface area (Å²) >= 11 is 3.33. The normalized spacial score (nSPS) is 21.3. The highest BCUT2D eigenvalue weighted by molar-refractivity contribution is 9.10. The van der Waals surface area contributed by atoms with Crippen molar-refractivity contribution in [3.63, 3.8) is 0 Å². The molecular formula is C11H13BrO3. The van der Waals surface area contributed by atoms with Crippen LogP contribution in [0.2, 0.25) is 0 Å². The number of rotatable bonds is 2. The Morgan fingerprint density at radius 1 is 1.40 bits per heavy atom. The molecule has 4 heteroatoms. The van der Waals surface area contributed by atoms with E-state index in [1.54, 1.807) is 18.2 Å². The summed E-state index contributed by atoms with van der Waals surface area (Å²) in [7, 11) is 0. The number of halogens is 1. The first kappa shape index (κ1) is 10.8. The van der Waals surface area contributed by atoms with Gasteiger partial charge in [-0.3, -0.25) is 0 Å². The number of hydrogen-bond donors (Lipinski definition) is 1. The Labute approximate surface area is 97.1 Å². The summed E-state index contributed by atoms with van der Waals surface area (Å²) in [5.41, 5.74) is 0. The van der Waals surface area contributed by atoms with Crippen LogP contribution in [0.1, 0.15) is 19.3 Å². The van der Waals surface area contributed by atoms with Crippen LogP contribution >= 0.6 is 15.9 Å². The topological polar surface area (TPSA) is 38.7 Å². The molecule has 0 saturated carbocycles. The Bertz CT molecular complexity index is 335. The molecule has 1 heterocycles. The second kappa shape index (κ2) is 4.86. The van der Waals surface area contributed by atoms with Gasteiger partial charge < -0.3 is 14.6 Å². The first-order chi connectivity index (χ1) is 7.25. The zero-order chi connectivity index (χ0) is 10.7. The maximum absolute atomic E-state index is 9.23. The smallest absolute Gasteiger partial charge is 0.199 e. The molecule has 1 aliphatic heterocycles. The lowest BCUT2D eigenvalue weighted by atomic mass is 10.2. The van der Waals surface area contributed by atoms with Crippen molar-refractivity contribution in [1.82, 2.24) is 0 Å². The van der Waals surface area contributed by atoms with Crippen LogP contribution in [0.5, 0.6) is 11.5 Å². The molecule has 3 nitrogen and oxygen atoms in total. The first-order valence-corrected chi connectivity index (χ1v) is 5.82. The summed E-state index contributed by atoms with van der Waals surface area (Å²) in [6.45, 7) is 0.764. The van der Waals surface area contributed by atoms with Crippen LogP contribution in [0.3, 0.4) is 0 Å². The molecule has 1 saturated heterocycles. The Morgan fingerprint density at radius 3 is 2.93 bits per heavy atom. The molecule has 0 aliphatic carbocycles. The van der Waals surface area contributed by atoms with Crippen molar-refractivity contribution in [2.45, 2.75) is 25.6 Å². The van der Waals surface area contributed by atoms with Crippen LogP contribution in [-0.2, 0) is 4.74 Å². The lowest BCUT2D eigenvalue weighted by Crippen LogP contribution is -2.25. The lowest BCUT2D eigenvalue weighted by molar-refractivity contribution is -0.106. The van der Waals surface area contributed by atoms with Gasteiger partial charge in [0.25, 0.3) is 0 Å². The standard InChI is InChI=1S/C11H13BrO3/c12-9-7-8(13)4-5-10(9)15-11-3-1-2-6-14-11/h4-5,7,11,13H,1-3,6H2. The van der Waals surface area contributed by atoms with E-state index in [1.807, 2.05) is 0 Å². The van der Waals surface area contributed by atoms with E-state index in [1.165, 1.54) is 0 Å². The van der Waals surface area contributed by atoms with Crippen molar-refractivity contribution < 1.29 is 14.6 Å². The maximum atomic E-state index is 9.23. The summed E-state index contributed by atoms with van der Waals surface area (Å²) in [6.07, 6.45) is 3.02. The average Bonchev–Trinajstić information content (AvgIpc) is 2.24. The van der Waals surface area contributed by atoms with Crippen LogP contribution in [0.15, 0.2) is 22.7 Å². The van der Waals surface area contributed by atoms with Crippen molar-refractivity contribution in [3.05, 3.63) is 22.7 Å². The first-order valence-electron chi connectivity index (χ1n) is 5.02. The minimum absolute atomic E-state index is 0.153. The molecule has 1 aromatic rings. The summed E-state index contributed by atoms with van der Waals surface area (Å²) in [6, 6.07) is 4.94. The highest BCUT2D eigenvalue weighted by Gasteiger charge is 2.16. The highest BCUT2D eigenvalue weighted by Crippen LogP contribution is 2.30. The van der Waals surface area contributed by atoms with Crippen molar-refractivity contribution in [3.8, 4) is 11.5 Å². The molecule has 0 amide bonds. The van der Waals surface area contributed by atoms with Gasteiger partial charge in [-0.1, -0.05) is 0 Å². The lowest BCUT2D eigenvalue weighted by Gasteiger charge is -2.23. The molecule has 0 aromatic heterocycles. The number of phenolic OH excluding ortho intramolecular Hbond substituents is 1. The number of phenols is 1. The molecule has 0 radical (unpaired) electrons. The fraction of sp³-hybridized carbons (Fsp3) is 0.455. The van der Waals surface area contributed by atoms with Gasteiger partial charge >= 0.3 is 0 Å². The Morgan fingerprint density at radius 2 is 2.27 bits per heavy atom. The van der Waals surface area contributed by atoms with Crippen LogP contribution in [0, 0.1) is 0 Å². The molecule has 2 rings (SSSR count). The van der Waals surface area contributed by atoms with Gasteiger partial charge in [-0.2, -0.15) is 0 Å². The van der Waals surface area contributed by atoms with E-state index in [4.69, 9.17) is 9.47 Å². The van der Waals surface area contributed by atoms with E-state index >= 15 is 0 Å². The second-order valence-corrected chi connectivity index (χ2v) is 4.38. The predicted molar refractivity (Wildman–Crippen MR) is 60.0 cm³/mol. The van der Waals surface area contributed by atoms with E-state index in [2.05, 4.69) is 15.9 Å². The quantitative estimate of drug-likeness (QED) is 0.900. The molecule has 15 heavy (non-hydrogen) atoms. The Hall–Kier alpha value is -0.740. The average molecular weight is 273 g/mol. The molecular weight excluding hydrogens is 260 g/mol. The van der Waals surface area contributed by atoms with E-state index in [9.17, 15) is 5.11 Å². The molecule has 0 bridgehead atoms. The minimum atomic E-state index is -0.153. The molecule has 0 spiro atoms. The predicted octanol–water partition coefficient (Wildman–Crippen LogP) is 3.06. The molecule has 1 atom stereocenters. The highest BCUT2D eigenvalue weighted by atomic mass is 79.9. The largest absolute Gasteiger partial charge is 0.508 e. The summed E-state index contributed by atoms with van der Waals surface area (Å²) < 4.78 is 11.9. The maximum Gasteiger partial charge on any atom is 0.199 e. The molecule has 1 unspecified atom stereocenters. The third-order valence-electron chi connectivity index (χ3n) is 2.31. The summed E-state index contributed by atoms with van der Waals surface area (Å²) in [5.74, 6) is 0.929. The number of benzene rings is 1. The fourth-order valence-electron chi connectivity index (χ4n) is 1.53. The van der Waals surface area contributed by atoms with Crippen molar-refractivity contribution >= 4 is 15.9 Å². The number of hydrogen-bond acceptors (Lipinski definition) is 3. The van der Waals surface area contributed by atoms with Gasteiger partial charge in [0.05, 0.1) is 11.1 Å². The van der Waals surface area contributed by atoms with Crippen LogP contribution in [0.4, 0.5) is 0 Å². The van der Waals surface area contributed by atoms with Crippen LogP contribution in [0.25, 0.3) is 0 Å². The van der Waals surface area contributed by atoms with Gasteiger partial charge in [0.2, 0.25) is 0 Å².